The first-order valence-corrected chi connectivity index (χ1v) is 3.48. The van der Waals surface area contributed by atoms with Crippen LogP contribution in [0.4, 0.5) is 0 Å². The first-order valence-electron chi connectivity index (χ1n) is 3.48. The highest BCUT2D eigenvalue weighted by Gasteiger charge is 2.13. The van der Waals surface area contributed by atoms with Crippen molar-refractivity contribution in [1.29, 1.82) is 0 Å². The molecule has 0 aromatic rings. The lowest BCUT2D eigenvalue weighted by Crippen LogP contribution is -2.16. The minimum atomic E-state index is 0. The van der Waals surface area contributed by atoms with E-state index < -0.39 is 0 Å². The van der Waals surface area contributed by atoms with Gasteiger partial charge in [0.15, 0.2) is 0 Å². The number of hydrogen-bond acceptors (Lipinski definition) is 1. The predicted octanol–water partition coefficient (Wildman–Crippen LogP) is 3.73. The van der Waals surface area contributed by atoms with Gasteiger partial charge in [-0.15, -0.1) is 0 Å². The molecular weight excluding hydrogens is 136 g/mol. The zero-order valence-electron chi connectivity index (χ0n) is 7.19. The fraction of sp³-hybridized carbons (Fsp3) is 1.00. The van der Waals surface area contributed by atoms with Gasteiger partial charge in [-0.25, -0.2) is 0 Å². The average Bonchev–Trinajstić information content (AvgIpc) is 1.62. The summed E-state index contributed by atoms with van der Waals surface area (Å²) in [6.07, 6.45) is 1.52. The van der Waals surface area contributed by atoms with Gasteiger partial charge in [-0.2, -0.15) is 0 Å². The Balaban J connectivity index is -0.000000320. The van der Waals surface area contributed by atoms with Crippen LogP contribution in [0.3, 0.4) is 0 Å². The number of hydrogen-bond donors (Lipinski definition) is 0. The highest BCUT2D eigenvalue weighted by Crippen LogP contribution is 2.21. The van der Waals surface area contributed by atoms with Crippen LogP contribution in [-0.2, 0) is 4.74 Å². The van der Waals surface area contributed by atoms with E-state index in [0.717, 1.165) is 6.42 Å². The highest BCUT2D eigenvalue weighted by atomic mass is 16.5. The maximum absolute atomic E-state index is 5.13. The summed E-state index contributed by atoms with van der Waals surface area (Å²) in [5.74, 6) is 0. The van der Waals surface area contributed by atoms with Crippen molar-refractivity contribution in [1.82, 2.24) is 0 Å². The Bertz CT molecular complexity index is 71.4. The second-order valence-corrected chi connectivity index (χ2v) is 3.81. The fourth-order valence-electron chi connectivity index (χ4n) is 0.946. The van der Waals surface area contributed by atoms with Gasteiger partial charge < -0.3 is 4.74 Å². The topological polar surface area (TPSA) is 9.23 Å². The summed E-state index contributed by atoms with van der Waals surface area (Å²) in [4.78, 5) is 0. The Morgan fingerprint density at radius 2 is 1.55 bits per heavy atom. The Kier molecular flexibility index (Phi) is 10.4. The maximum atomic E-state index is 5.13. The molecule has 0 radical (unpaired) electrons. The van der Waals surface area contributed by atoms with Crippen LogP contribution in [0.25, 0.3) is 0 Å². The molecule has 1 unspecified atom stereocenters. The first-order chi connectivity index (χ1) is 3.95. The predicted molar refractivity (Wildman–Crippen MR) is 54.0 cm³/mol. The largest absolute Gasteiger partial charge is 0.382 e. The second kappa shape index (κ2) is 6.66. The van der Waals surface area contributed by atoms with E-state index in [1.165, 1.54) is 0 Å². The van der Waals surface area contributed by atoms with Gasteiger partial charge in [0, 0.05) is 7.11 Å². The molecule has 1 heteroatoms. The van der Waals surface area contributed by atoms with Crippen LogP contribution in [0.15, 0.2) is 0 Å². The SMILES string of the molecule is C.C.COC(C)CC(C)(C)C. The highest BCUT2D eigenvalue weighted by molar-refractivity contribution is 4.65. The molecule has 0 aromatic carbocycles. The summed E-state index contributed by atoms with van der Waals surface area (Å²) in [5, 5.41) is 0. The third-order valence-corrected chi connectivity index (χ3v) is 1.30. The summed E-state index contributed by atoms with van der Waals surface area (Å²) in [6.45, 7) is 8.78. The van der Waals surface area contributed by atoms with Crippen LogP contribution in [0.1, 0.15) is 49.0 Å². The molecule has 0 amide bonds. The molecule has 0 rings (SSSR count). The summed E-state index contributed by atoms with van der Waals surface area (Å²) in [5.41, 5.74) is 0.398. The van der Waals surface area contributed by atoms with Gasteiger partial charge in [-0.1, -0.05) is 35.6 Å². The number of rotatable bonds is 2. The van der Waals surface area contributed by atoms with Crippen molar-refractivity contribution in [2.75, 3.05) is 7.11 Å². The molecule has 0 saturated carbocycles. The van der Waals surface area contributed by atoms with Crippen molar-refractivity contribution in [2.24, 2.45) is 5.41 Å². The summed E-state index contributed by atoms with van der Waals surface area (Å²) in [7, 11) is 1.76. The molecular formula is C10H26O. The Morgan fingerprint density at radius 1 is 1.18 bits per heavy atom. The third-order valence-electron chi connectivity index (χ3n) is 1.30. The van der Waals surface area contributed by atoms with E-state index in [0.29, 0.717) is 11.5 Å². The lowest BCUT2D eigenvalue weighted by molar-refractivity contribution is 0.0806. The van der Waals surface area contributed by atoms with Crippen molar-refractivity contribution in [3.05, 3.63) is 0 Å². The van der Waals surface area contributed by atoms with Crippen LogP contribution in [0, 0.1) is 5.41 Å². The van der Waals surface area contributed by atoms with E-state index in [1.807, 2.05) is 0 Å². The molecule has 11 heavy (non-hydrogen) atoms. The molecule has 1 atom stereocenters. The smallest absolute Gasteiger partial charge is 0.0548 e. The van der Waals surface area contributed by atoms with Gasteiger partial charge in [-0.3, -0.25) is 0 Å². The summed E-state index contributed by atoms with van der Waals surface area (Å²) in [6, 6.07) is 0. The quantitative estimate of drug-likeness (QED) is 0.601. The third kappa shape index (κ3) is 13.0. The minimum Gasteiger partial charge on any atom is -0.382 e. The van der Waals surface area contributed by atoms with E-state index in [1.54, 1.807) is 7.11 Å². The molecule has 0 heterocycles. The normalized spacial score (nSPS) is 12.8. The van der Waals surface area contributed by atoms with E-state index in [9.17, 15) is 0 Å². The minimum absolute atomic E-state index is 0. The number of methoxy groups -OCH3 is 1. The molecule has 0 saturated heterocycles. The average molecular weight is 162 g/mol. The lowest BCUT2D eigenvalue weighted by Gasteiger charge is -2.21. The monoisotopic (exact) mass is 162 g/mol. The van der Waals surface area contributed by atoms with E-state index in [-0.39, 0.29) is 14.9 Å². The van der Waals surface area contributed by atoms with Crippen molar-refractivity contribution in [2.45, 2.75) is 55.1 Å². The van der Waals surface area contributed by atoms with E-state index in [4.69, 9.17) is 4.74 Å². The molecule has 1 nitrogen and oxygen atoms in total. The van der Waals surface area contributed by atoms with Crippen molar-refractivity contribution in [3.8, 4) is 0 Å². The van der Waals surface area contributed by atoms with Crippen LogP contribution >= 0.6 is 0 Å². The fourth-order valence-corrected chi connectivity index (χ4v) is 0.946. The zero-order chi connectivity index (χ0) is 7.49. The zero-order valence-corrected chi connectivity index (χ0v) is 7.19. The van der Waals surface area contributed by atoms with Gasteiger partial charge in [0.2, 0.25) is 0 Å². The van der Waals surface area contributed by atoms with Gasteiger partial charge in [0.1, 0.15) is 0 Å². The van der Waals surface area contributed by atoms with Crippen LogP contribution in [0.5, 0.6) is 0 Å². The standard InChI is InChI=1S/C8H18O.2CH4/c1-7(9-5)6-8(2,3)4;;/h7H,6H2,1-5H3;2*1H4. The molecule has 0 aromatic heterocycles. The second-order valence-electron chi connectivity index (χ2n) is 3.81. The first kappa shape index (κ1) is 17.2. The Labute approximate surface area is 73.1 Å². The van der Waals surface area contributed by atoms with Crippen LogP contribution in [0.2, 0.25) is 0 Å². The molecule has 0 aliphatic heterocycles. The van der Waals surface area contributed by atoms with Crippen molar-refractivity contribution >= 4 is 0 Å². The molecule has 0 aliphatic carbocycles. The molecule has 72 valence electrons. The van der Waals surface area contributed by atoms with Crippen LogP contribution in [-0.4, -0.2) is 13.2 Å². The van der Waals surface area contributed by atoms with Gasteiger partial charge in [0.05, 0.1) is 6.10 Å². The number of ether oxygens (including phenoxy) is 1. The maximum Gasteiger partial charge on any atom is 0.0548 e. The molecule has 0 bridgehead atoms. The van der Waals surface area contributed by atoms with Gasteiger partial charge in [-0.05, 0) is 18.8 Å². The van der Waals surface area contributed by atoms with Gasteiger partial charge in [0.25, 0.3) is 0 Å². The Morgan fingerprint density at radius 3 is 1.64 bits per heavy atom. The van der Waals surface area contributed by atoms with Crippen molar-refractivity contribution in [3.63, 3.8) is 0 Å². The van der Waals surface area contributed by atoms with Crippen LogP contribution < -0.4 is 0 Å². The van der Waals surface area contributed by atoms with Gasteiger partial charge >= 0.3 is 0 Å². The lowest BCUT2D eigenvalue weighted by atomic mass is 9.90. The molecule has 0 spiro atoms. The summed E-state index contributed by atoms with van der Waals surface area (Å²) >= 11 is 0. The van der Waals surface area contributed by atoms with E-state index >= 15 is 0 Å². The van der Waals surface area contributed by atoms with Crippen molar-refractivity contribution < 1.29 is 4.74 Å². The molecule has 0 fully saturated rings. The summed E-state index contributed by atoms with van der Waals surface area (Å²) < 4.78 is 5.13. The molecule has 0 N–H and O–H groups in total. The van der Waals surface area contributed by atoms with E-state index in [2.05, 4.69) is 27.7 Å². The Hall–Kier alpha value is -0.0400. The molecule has 0 aliphatic rings.